The number of rotatable bonds is 6. The Morgan fingerprint density at radius 2 is 2.13 bits per heavy atom. The standard InChI is InChI=1S/C12H19NO2/c1-10(7-8-14-2)13-11-5-4-6-12(9-11)15-3/h4-6,9-10,13H,7-8H2,1-3H3. The van der Waals surface area contributed by atoms with Crippen molar-refractivity contribution in [1.82, 2.24) is 0 Å². The van der Waals surface area contributed by atoms with E-state index < -0.39 is 0 Å². The van der Waals surface area contributed by atoms with E-state index in [-0.39, 0.29) is 0 Å². The zero-order valence-corrected chi connectivity index (χ0v) is 9.62. The van der Waals surface area contributed by atoms with Crippen LogP contribution in [0.4, 0.5) is 5.69 Å². The summed E-state index contributed by atoms with van der Waals surface area (Å²) in [6.07, 6.45) is 0.994. The Hall–Kier alpha value is -1.22. The van der Waals surface area contributed by atoms with Crippen molar-refractivity contribution in [2.24, 2.45) is 0 Å². The first kappa shape index (κ1) is 11.9. The predicted molar refractivity (Wildman–Crippen MR) is 62.6 cm³/mol. The lowest BCUT2D eigenvalue weighted by atomic mass is 10.2. The van der Waals surface area contributed by atoms with Crippen LogP contribution in [0.25, 0.3) is 0 Å². The summed E-state index contributed by atoms with van der Waals surface area (Å²) in [5.74, 6) is 0.874. The second-order valence-electron chi connectivity index (χ2n) is 3.56. The maximum absolute atomic E-state index is 5.15. The largest absolute Gasteiger partial charge is 0.497 e. The van der Waals surface area contributed by atoms with E-state index in [0.717, 1.165) is 24.5 Å². The van der Waals surface area contributed by atoms with Gasteiger partial charge in [0, 0.05) is 31.5 Å². The highest BCUT2D eigenvalue weighted by Gasteiger charge is 2.02. The third-order valence-corrected chi connectivity index (χ3v) is 2.24. The summed E-state index contributed by atoms with van der Waals surface area (Å²) < 4.78 is 10.2. The van der Waals surface area contributed by atoms with E-state index in [4.69, 9.17) is 9.47 Å². The number of ether oxygens (including phenoxy) is 2. The lowest BCUT2D eigenvalue weighted by Gasteiger charge is -2.15. The first-order valence-electron chi connectivity index (χ1n) is 5.15. The van der Waals surface area contributed by atoms with Crippen LogP contribution in [-0.4, -0.2) is 26.9 Å². The van der Waals surface area contributed by atoms with Crippen LogP contribution in [0, 0.1) is 0 Å². The van der Waals surface area contributed by atoms with Gasteiger partial charge in [-0.1, -0.05) is 6.07 Å². The molecule has 1 N–H and O–H groups in total. The van der Waals surface area contributed by atoms with Gasteiger partial charge in [0.2, 0.25) is 0 Å². The van der Waals surface area contributed by atoms with Crippen molar-refractivity contribution < 1.29 is 9.47 Å². The fourth-order valence-corrected chi connectivity index (χ4v) is 1.36. The molecule has 0 spiro atoms. The summed E-state index contributed by atoms with van der Waals surface area (Å²) in [6, 6.07) is 8.33. The van der Waals surface area contributed by atoms with Gasteiger partial charge in [0.15, 0.2) is 0 Å². The van der Waals surface area contributed by atoms with Gasteiger partial charge in [0.05, 0.1) is 7.11 Å². The summed E-state index contributed by atoms with van der Waals surface area (Å²) in [4.78, 5) is 0. The van der Waals surface area contributed by atoms with Gasteiger partial charge in [-0.15, -0.1) is 0 Å². The van der Waals surface area contributed by atoms with Crippen molar-refractivity contribution >= 4 is 5.69 Å². The van der Waals surface area contributed by atoms with Gasteiger partial charge in [0.1, 0.15) is 5.75 Å². The van der Waals surface area contributed by atoms with Gasteiger partial charge in [-0.2, -0.15) is 0 Å². The quantitative estimate of drug-likeness (QED) is 0.781. The van der Waals surface area contributed by atoms with Crippen LogP contribution in [0.1, 0.15) is 13.3 Å². The Kier molecular flexibility index (Phi) is 4.98. The number of nitrogens with one attached hydrogen (secondary N) is 1. The van der Waals surface area contributed by atoms with Crippen molar-refractivity contribution in [1.29, 1.82) is 0 Å². The molecule has 1 aromatic rings. The highest BCUT2D eigenvalue weighted by molar-refractivity contribution is 5.48. The van der Waals surface area contributed by atoms with Crippen LogP contribution in [0.2, 0.25) is 0 Å². The Balaban J connectivity index is 2.48. The number of hydrogen-bond donors (Lipinski definition) is 1. The van der Waals surface area contributed by atoms with E-state index in [9.17, 15) is 0 Å². The molecular weight excluding hydrogens is 190 g/mol. The van der Waals surface area contributed by atoms with Gasteiger partial charge in [-0.3, -0.25) is 0 Å². The van der Waals surface area contributed by atoms with E-state index in [2.05, 4.69) is 12.2 Å². The van der Waals surface area contributed by atoms with Gasteiger partial charge >= 0.3 is 0 Å². The zero-order chi connectivity index (χ0) is 11.1. The van der Waals surface area contributed by atoms with Crippen molar-refractivity contribution in [2.75, 3.05) is 26.1 Å². The Morgan fingerprint density at radius 1 is 1.33 bits per heavy atom. The Labute approximate surface area is 91.4 Å². The summed E-state index contributed by atoms with van der Waals surface area (Å²) in [6.45, 7) is 2.91. The number of benzene rings is 1. The lowest BCUT2D eigenvalue weighted by molar-refractivity contribution is 0.191. The number of methoxy groups -OCH3 is 2. The smallest absolute Gasteiger partial charge is 0.120 e. The minimum absolute atomic E-state index is 0.400. The molecule has 0 aliphatic carbocycles. The van der Waals surface area contributed by atoms with Crippen LogP contribution in [0.3, 0.4) is 0 Å². The van der Waals surface area contributed by atoms with Gasteiger partial charge in [-0.25, -0.2) is 0 Å². The van der Waals surface area contributed by atoms with E-state index in [1.165, 1.54) is 0 Å². The number of anilines is 1. The molecule has 1 rings (SSSR count). The Bertz CT molecular complexity index is 289. The SMILES string of the molecule is COCCC(C)Nc1cccc(OC)c1. The van der Waals surface area contributed by atoms with Crippen molar-refractivity contribution in [2.45, 2.75) is 19.4 Å². The molecule has 0 amide bonds. The van der Waals surface area contributed by atoms with Crippen LogP contribution in [0.5, 0.6) is 5.75 Å². The molecule has 0 aliphatic heterocycles. The van der Waals surface area contributed by atoms with E-state index in [1.54, 1.807) is 14.2 Å². The molecule has 0 aliphatic rings. The lowest BCUT2D eigenvalue weighted by Crippen LogP contribution is -2.17. The predicted octanol–water partition coefficient (Wildman–Crippen LogP) is 2.53. The molecule has 0 heterocycles. The molecular formula is C12H19NO2. The molecule has 0 radical (unpaired) electrons. The van der Waals surface area contributed by atoms with Gasteiger partial charge in [0.25, 0.3) is 0 Å². The molecule has 15 heavy (non-hydrogen) atoms. The molecule has 0 bridgehead atoms. The molecule has 84 valence electrons. The first-order chi connectivity index (χ1) is 7.26. The normalized spacial score (nSPS) is 12.2. The molecule has 1 unspecified atom stereocenters. The summed E-state index contributed by atoms with van der Waals surface area (Å²) in [7, 11) is 3.39. The minimum atomic E-state index is 0.400. The minimum Gasteiger partial charge on any atom is -0.497 e. The summed E-state index contributed by atoms with van der Waals surface area (Å²) in [5.41, 5.74) is 1.08. The summed E-state index contributed by atoms with van der Waals surface area (Å²) in [5, 5.41) is 3.39. The highest BCUT2D eigenvalue weighted by atomic mass is 16.5. The number of hydrogen-bond acceptors (Lipinski definition) is 3. The fourth-order valence-electron chi connectivity index (χ4n) is 1.36. The first-order valence-corrected chi connectivity index (χ1v) is 5.15. The molecule has 0 saturated carbocycles. The molecule has 0 fully saturated rings. The maximum atomic E-state index is 5.15. The average Bonchev–Trinajstić information content (AvgIpc) is 2.26. The third kappa shape index (κ3) is 4.21. The topological polar surface area (TPSA) is 30.5 Å². The molecule has 0 saturated heterocycles. The van der Waals surface area contributed by atoms with Crippen molar-refractivity contribution in [3.8, 4) is 5.75 Å². The molecule has 1 atom stereocenters. The monoisotopic (exact) mass is 209 g/mol. The fraction of sp³-hybridized carbons (Fsp3) is 0.500. The summed E-state index contributed by atoms with van der Waals surface area (Å²) >= 11 is 0. The second kappa shape index (κ2) is 6.30. The molecule has 3 heteroatoms. The third-order valence-electron chi connectivity index (χ3n) is 2.24. The molecule has 1 aromatic carbocycles. The van der Waals surface area contributed by atoms with Crippen molar-refractivity contribution in [3.63, 3.8) is 0 Å². The van der Waals surface area contributed by atoms with Crippen LogP contribution in [0.15, 0.2) is 24.3 Å². The zero-order valence-electron chi connectivity index (χ0n) is 9.62. The average molecular weight is 209 g/mol. The molecule has 0 aromatic heterocycles. The highest BCUT2D eigenvalue weighted by Crippen LogP contribution is 2.17. The second-order valence-corrected chi connectivity index (χ2v) is 3.56. The van der Waals surface area contributed by atoms with E-state index >= 15 is 0 Å². The van der Waals surface area contributed by atoms with E-state index in [0.29, 0.717) is 6.04 Å². The van der Waals surface area contributed by atoms with Crippen LogP contribution >= 0.6 is 0 Å². The van der Waals surface area contributed by atoms with Gasteiger partial charge in [-0.05, 0) is 25.5 Å². The maximum Gasteiger partial charge on any atom is 0.120 e. The Morgan fingerprint density at radius 3 is 2.80 bits per heavy atom. The van der Waals surface area contributed by atoms with Crippen LogP contribution in [-0.2, 0) is 4.74 Å². The van der Waals surface area contributed by atoms with Crippen LogP contribution < -0.4 is 10.1 Å². The van der Waals surface area contributed by atoms with Crippen molar-refractivity contribution in [3.05, 3.63) is 24.3 Å². The van der Waals surface area contributed by atoms with Gasteiger partial charge < -0.3 is 14.8 Å². The van der Waals surface area contributed by atoms with E-state index in [1.807, 2.05) is 24.3 Å². The molecule has 3 nitrogen and oxygen atoms in total.